The maximum absolute atomic E-state index is 13.8. The Labute approximate surface area is 151 Å². The second-order valence-corrected chi connectivity index (χ2v) is 7.02. The zero-order chi connectivity index (χ0) is 16.9. The molecule has 0 saturated heterocycles. The zero-order valence-electron chi connectivity index (χ0n) is 12.8. The van der Waals surface area contributed by atoms with Crippen molar-refractivity contribution >= 4 is 27.3 Å². The Morgan fingerprint density at radius 3 is 2.88 bits per heavy atom. The molecular formula is C17H15BrFN3OS. The summed E-state index contributed by atoms with van der Waals surface area (Å²) in [5.74, 6) is 0.832. The van der Waals surface area contributed by atoms with Crippen molar-refractivity contribution in [3.63, 3.8) is 0 Å². The van der Waals surface area contributed by atoms with Gasteiger partial charge in [-0.3, -0.25) is 4.90 Å². The molecule has 0 aliphatic rings. The van der Waals surface area contributed by atoms with Gasteiger partial charge < -0.3 is 4.52 Å². The van der Waals surface area contributed by atoms with Gasteiger partial charge in [0.15, 0.2) is 0 Å². The Morgan fingerprint density at radius 1 is 1.33 bits per heavy atom. The van der Waals surface area contributed by atoms with Gasteiger partial charge >= 0.3 is 0 Å². The van der Waals surface area contributed by atoms with E-state index in [4.69, 9.17) is 4.52 Å². The highest BCUT2D eigenvalue weighted by molar-refractivity contribution is 9.10. The van der Waals surface area contributed by atoms with E-state index in [0.29, 0.717) is 36.9 Å². The Kier molecular flexibility index (Phi) is 5.55. The van der Waals surface area contributed by atoms with Crippen molar-refractivity contribution in [2.75, 3.05) is 6.54 Å². The Hall–Kier alpha value is -1.83. The highest BCUT2D eigenvalue weighted by Gasteiger charge is 2.15. The van der Waals surface area contributed by atoms with Crippen LogP contribution in [0.1, 0.15) is 11.5 Å². The highest BCUT2D eigenvalue weighted by Crippen LogP contribution is 2.27. The first-order valence-electron chi connectivity index (χ1n) is 7.29. The third-order valence-corrected chi connectivity index (χ3v) is 5.04. The van der Waals surface area contributed by atoms with Crippen LogP contribution in [-0.2, 0) is 13.1 Å². The van der Waals surface area contributed by atoms with Crippen LogP contribution in [0.5, 0.6) is 0 Å². The van der Waals surface area contributed by atoms with Crippen molar-refractivity contribution < 1.29 is 8.91 Å². The van der Waals surface area contributed by atoms with Crippen molar-refractivity contribution in [2.24, 2.45) is 0 Å². The fourth-order valence-electron chi connectivity index (χ4n) is 2.28. The van der Waals surface area contributed by atoms with Crippen LogP contribution >= 0.6 is 27.3 Å². The standard InChI is InChI=1S/C17H15BrFN3OS/c1-2-7-22(9-12-5-3-4-6-14(12)19)10-16-20-17(21-23-16)15-8-13(18)11-24-15/h2-6,8,11H,1,7,9-10H2. The fraction of sp³-hybridized carbons (Fsp3) is 0.176. The van der Waals surface area contributed by atoms with Crippen molar-refractivity contribution in [1.82, 2.24) is 15.0 Å². The first-order chi connectivity index (χ1) is 11.7. The summed E-state index contributed by atoms with van der Waals surface area (Å²) in [6.07, 6.45) is 1.77. The number of halogens is 2. The number of aromatic nitrogens is 2. The summed E-state index contributed by atoms with van der Waals surface area (Å²) in [6, 6.07) is 8.68. The lowest BCUT2D eigenvalue weighted by Crippen LogP contribution is -2.23. The molecule has 0 radical (unpaired) electrons. The van der Waals surface area contributed by atoms with Crippen LogP contribution in [0.25, 0.3) is 10.7 Å². The largest absolute Gasteiger partial charge is 0.338 e. The fourth-order valence-corrected chi connectivity index (χ4v) is 3.63. The average Bonchev–Trinajstić information content (AvgIpc) is 3.19. The predicted octanol–water partition coefficient (Wildman–Crippen LogP) is 4.89. The van der Waals surface area contributed by atoms with Crippen LogP contribution < -0.4 is 0 Å². The van der Waals surface area contributed by atoms with Crippen molar-refractivity contribution in [3.8, 4) is 10.7 Å². The maximum Gasteiger partial charge on any atom is 0.241 e. The molecule has 0 unspecified atom stereocenters. The number of rotatable bonds is 7. The summed E-state index contributed by atoms with van der Waals surface area (Å²) in [6.45, 7) is 5.23. The van der Waals surface area contributed by atoms with Crippen LogP contribution in [0, 0.1) is 5.82 Å². The van der Waals surface area contributed by atoms with Gasteiger partial charge in [-0.2, -0.15) is 4.98 Å². The second-order valence-electron chi connectivity index (χ2n) is 5.19. The molecule has 0 atom stereocenters. The minimum atomic E-state index is -0.221. The molecule has 3 rings (SSSR count). The third-order valence-electron chi connectivity index (χ3n) is 3.35. The summed E-state index contributed by atoms with van der Waals surface area (Å²) in [5.41, 5.74) is 0.626. The van der Waals surface area contributed by atoms with Crippen LogP contribution in [0.4, 0.5) is 4.39 Å². The quantitative estimate of drug-likeness (QED) is 0.523. The first-order valence-corrected chi connectivity index (χ1v) is 8.96. The molecule has 0 spiro atoms. The topological polar surface area (TPSA) is 42.2 Å². The molecule has 0 aliphatic carbocycles. The number of nitrogens with zero attached hydrogens (tertiary/aromatic N) is 3. The van der Waals surface area contributed by atoms with Gasteiger partial charge in [0, 0.05) is 28.5 Å². The Balaban J connectivity index is 1.73. The Bertz CT molecular complexity index is 833. The van der Waals surface area contributed by atoms with Crippen molar-refractivity contribution in [3.05, 3.63) is 70.1 Å². The van der Waals surface area contributed by atoms with E-state index in [2.05, 4.69) is 32.6 Å². The van der Waals surface area contributed by atoms with Gasteiger partial charge in [-0.15, -0.1) is 17.9 Å². The van der Waals surface area contributed by atoms with E-state index < -0.39 is 0 Å². The molecule has 4 nitrogen and oxygen atoms in total. The van der Waals surface area contributed by atoms with E-state index in [9.17, 15) is 4.39 Å². The number of hydrogen-bond acceptors (Lipinski definition) is 5. The van der Waals surface area contributed by atoms with Gasteiger partial charge in [0.2, 0.25) is 11.7 Å². The third kappa shape index (κ3) is 4.17. The summed E-state index contributed by atoms with van der Waals surface area (Å²) in [5, 5.41) is 5.98. The molecule has 2 aromatic heterocycles. The molecule has 0 amide bonds. The average molecular weight is 408 g/mol. The molecule has 24 heavy (non-hydrogen) atoms. The molecule has 0 aliphatic heterocycles. The van der Waals surface area contributed by atoms with E-state index >= 15 is 0 Å². The van der Waals surface area contributed by atoms with E-state index in [-0.39, 0.29) is 5.82 Å². The molecule has 0 fully saturated rings. The lowest BCUT2D eigenvalue weighted by atomic mass is 10.2. The summed E-state index contributed by atoms with van der Waals surface area (Å²) in [4.78, 5) is 7.35. The predicted molar refractivity (Wildman–Crippen MR) is 96.0 cm³/mol. The molecule has 3 aromatic rings. The maximum atomic E-state index is 13.8. The van der Waals surface area contributed by atoms with E-state index in [0.717, 1.165) is 9.35 Å². The molecule has 0 N–H and O–H groups in total. The van der Waals surface area contributed by atoms with Crippen LogP contribution in [0.2, 0.25) is 0 Å². The molecule has 7 heteroatoms. The summed E-state index contributed by atoms with van der Waals surface area (Å²) < 4.78 is 20.2. The smallest absolute Gasteiger partial charge is 0.241 e. The molecule has 1 aromatic carbocycles. The van der Waals surface area contributed by atoms with Gasteiger partial charge in [-0.25, -0.2) is 4.39 Å². The van der Waals surface area contributed by atoms with Crippen LogP contribution in [-0.4, -0.2) is 21.6 Å². The summed E-state index contributed by atoms with van der Waals surface area (Å²) in [7, 11) is 0. The Morgan fingerprint density at radius 2 is 2.17 bits per heavy atom. The lowest BCUT2D eigenvalue weighted by Gasteiger charge is -2.18. The highest BCUT2D eigenvalue weighted by atomic mass is 79.9. The number of benzene rings is 1. The van der Waals surface area contributed by atoms with E-state index in [1.807, 2.05) is 22.4 Å². The molecule has 2 heterocycles. The minimum Gasteiger partial charge on any atom is -0.338 e. The van der Waals surface area contributed by atoms with Gasteiger partial charge in [-0.1, -0.05) is 29.4 Å². The molecule has 124 valence electrons. The van der Waals surface area contributed by atoms with Crippen LogP contribution in [0.3, 0.4) is 0 Å². The zero-order valence-corrected chi connectivity index (χ0v) is 15.2. The lowest BCUT2D eigenvalue weighted by molar-refractivity contribution is 0.236. The summed E-state index contributed by atoms with van der Waals surface area (Å²) >= 11 is 4.95. The van der Waals surface area contributed by atoms with Crippen LogP contribution in [0.15, 0.2) is 57.4 Å². The van der Waals surface area contributed by atoms with Gasteiger partial charge in [-0.05, 0) is 28.1 Å². The number of hydrogen-bond donors (Lipinski definition) is 0. The molecular weight excluding hydrogens is 393 g/mol. The van der Waals surface area contributed by atoms with E-state index in [1.165, 1.54) is 17.4 Å². The van der Waals surface area contributed by atoms with Gasteiger partial charge in [0.1, 0.15) is 5.82 Å². The van der Waals surface area contributed by atoms with Crippen molar-refractivity contribution in [2.45, 2.75) is 13.1 Å². The molecule has 0 saturated carbocycles. The first kappa shape index (κ1) is 17.0. The second kappa shape index (κ2) is 7.83. The van der Waals surface area contributed by atoms with E-state index in [1.54, 1.807) is 18.2 Å². The SMILES string of the molecule is C=CCN(Cc1nc(-c2cc(Br)cs2)no1)Cc1ccccc1F. The van der Waals surface area contributed by atoms with Gasteiger partial charge in [0.25, 0.3) is 0 Å². The molecule has 0 bridgehead atoms. The normalized spacial score (nSPS) is 11.1. The monoisotopic (exact) mass is 407 g/mol. The minimum absolute atomic E-state index is 0.221. The van der Waals surface area contributed by atoms with Crippen molar-refractivity contribution in [1.29, 1.82) is 0 Å². The number of thiophene rings is 1. The van der Waals surface area contributed by atoms with Gasteiger partial charge in [0.05, 0.1) is 11.4 Å².